The number of benzene rings is 3. The van der Waals surface area contributed by atoms with Gasteiger partial charge in [0.15, 0.2) is 5.76 Å². The first-order valence-corrected chi connectivity index (χ1v) is 11.1. The lowest BCUT2D eigenvalue weighted by atomic mass is 10.0. The highest BCUT2D eigenvalue weighted by Crippen LogP contribution is 2.28. The normalized spacial score (nSPS) is 11.7. The summed E-state index contributed by atoms with van der Waals surface area (Å²) in [7, 11) is 0. The number of carbonyl (C=O) groups is 1. The van der Waals surface area contributed by atoms with Gasteiger partial charge >= 0.3 is 0 Å². The second-order valence-electron chi connectivity index (χ2n) is 8.47. The zero-order valence-corrected chi connectivity index (χ0v) is 19.4. The van der Waals surface area contributed by atoms with Crippen molar-refractivity contribution in [1.82, 2.24) is 5.43 Å². The molecule has 0 unspecified atom stereocenters. The molecule has 33 heavy (non-hydrogen) atoms. The quantitative estimate of drug-likeness (QED) is 0.260. The summed E-state index contributed by atoms with van der Waals surface area (Å²) < 4.78 is 11.9. The van der Waals surface area contributed by atoms with E-state index in [1.807, 2.05) is 42.5 Å². The van der Waals surface area contributed by atoms with Crippen LogP contribution in [0.1, 0.15) is 59.5 Å². The van der Waals surface area contributed by atoms with E-state index in [4.69, 9.17) is 9.15 Å². The average Bonchev–Trinajstić information content (AvgIpc) is 3.25. The lowest BCUT2D eigenvalue weighted by molar-refractivity contribution is 0.0954. The molecule has 1 N–H and O–H groups in total. The van der Waals surface area contributed by atoms with Gasteiger partial charge in [0, 0.05) is 10.9 Å². The maximum Gasteiger partial charge on any atom is 0.271 e. The predicted molar refractivity (Wildman–Crippen MR) is 132 cm³/mol. The van der Waals surface area contributed by atoms with Crippen molar-refractivity contribution in [2.45, 2.75) is 40.2 Å². The van der Waals surface area contributed by atoms with Crippen molar-refractivity contribution in [1.29, 1.82) is 0 Å². The molecule has 0 aliphatic rings. The van der Waals surface area contributed by atoms with Gasteiger partial charge in [0.25, 0.3) is 5.91 Å². The number of ether oxygens (including phenoxy) is 1. The molecule has 0 aliphatic carbocycles. The van der Waals surface area contributed by atoms with E-state index < -0.39 is 0 Å². The van der Waals surface area contributed by atoms with Gasteiger partial charge in [0.05, 0.1) is 0 Å². The van der Waals surface area contributed by atoms with Gasteiger partial charge in [-0.25, -0.2) is 5.43 Å². The van der Waals surface area contributed by atoms with Crippen molar-refractivity contribution in [2.24, 2.45) is 5.10 Å². The lowest BCUT2D eigenvalue weighted by Crippen LogP contribution is -2.19. The smallest absolute Gasteiger partial charge is 0.271 e. The highest BCUT2D eigenvalue weighted by Gasteiger charge is 2.10. The van der Waals surface area contributed by atoms with E-state index in [1.165, 1.54) is 11.1 Å². The summed E-state index contributed by atoms with van der Waals surface area (Å²) >= 11 is 0. The number of amides is 1. The molecule has 0 saturated carbocycles. The minimum absolute atomic E-state index is 0.279. The topological polar surface area (TPSA) is 63.8 Å². The van der Waals surface area contributed by atoms with Crippen LogP contribution in [0.3, 0.4) is 0 Å². The molecule has 3 aromatic carbocycles. The first-order valence-electron chi connectivity index (χ1n) is 11.1. The fourth-order valence-corrected chi connectivity index (χ4v) is 3.57. The summed E-state index contributed by atoms with van der Waals surface area (Å²) in [6.45, 7) is 8.61. The van der Waals surface area contributed by atoms with Gasteiger partial charge in [-0.3, -0.25) is 4.79 Å². The standard InChI is InChI=1S/C28H28N2O3/c1-18(2)24-14-9-19(3)15-27(24)32-17-21-10-12-22(13-11-21)28(31)30-29-20(4)26-16-23-7-5-6-8-25(23)33-26/h5-16,18H,17H2,1-4H3,(H,30,31). The number of hydrogen-bond acceptors (Lipinski definition) is 4. The van der Waals surface area contributed by atoms with Crippen LogP contribution in [0.4, 0.5) is 0 Å². The van der Waals surface area contributed by atoms with Crippen LogP contribution < -0.4 is 10.2 Å². The number of fused-ring (bicyclic) bond motifs is 1. The first-order chi connectivity index (χ1) is 15.9. The van der Waals surface area contributed by atoms with Gasteiger partial charge in [-0.1, -0.05) is 56.3 Å². The van der Waals surface area contributed by atoms with E-state index in [0.717, 1.165) is 22.3 Å². The Labute approximate surface area is 194 Å². The number of carbonyl (C=O) groups excluding carboxylic acids is 1. The Kier molecular flexibility index (Phi) is 6.59. The van der Waals surface area contributed by atoms with Crippen molar-refractivity contribution in [3.63, 3.8) is 0 Å². The van der Waals surface area contributed by atoms with Gasteiger partial charge in [-0.05, 0) is 66.8 Å². The van der Waals surface area contributed by atoms with E-state index in [-0.39, 0.29) is 5.91 Å². The minimum Gasteiger partial charge on any atom is -0.489 e. The van der Waals surface area contributed by atoms with Crippen LogP contribution in [0.15, 0.2) is 82.3 Å². The maximum atomic E-state index is 12.5. The zero-order valence-electron chi connectivity index (χ0n) is 19.4. The van der Waals surface area contributed by atoms with Gasteiger partial charge in [-0.2, -0.15) is 5.10 Å². The van der Waals surface area contributed by atoms with Gasteiger partial charge in [0.1, 0.15) is 23.7 Å². The number of hydrazone groups is 1. The molecule has 0 radical (unpaired) electrons. The first kappa shape index (κ1) is 22.3. The van der Waals surface area contributed by atoms with Gasteiger partial charge in [-0.15, -0.1) is 0 Å². The largest absolute Gasteiger partial charge is 0.489 e. The molecule has 0 fully saturated rings. The molecule has 0 aliphatic heterocycles. The highest BCUT2D eigenvalue weighted by molar-refractivity contribution is 6.01. The van der Waals surface area contributed by atoms with Crippen molar-refractivity contribution >= 4 is 22.6 Å². The van der Waals surface area contributed by atoms with Crippen LogP contribution >= 0.6 is 0 Å². The second kappa shape index (κ2) is 9.74. The summed E-state index contributed by atoms with van der Waals surface area (Å²) in [6.07, 6.45) is 0. The molecule has 5 nitrogen and oxygen atoms in total. The van der Waals surface area contributed by atoms with Crippen LogP contribution in [0.5, 0.6) is 5.75 Å². The van der Waals surface area contributed by atoms with E-state index in [2.05, 4.69) is 49.5 Å². The number of aryl methyl sites for hydroxylation is 1. The Morgan fingerprint density at radius 3 is 2.52 bits per heavy atom. The fraction of sp³-hybridized carbons (Fsp3) is 0.214. The summed E-state index contributed by atoms with van der Waals surface area (Å²) in [4.78, 5) is 12.5. The highest BCUT2D eigenvalue weighted by atomic mass is 16.5. The Balaban J connectivity index is 1.38. The third kappa shape index (κ3) is 5.32. The van der Waals surface area contributed by atoms with E-state index in [0.29, 0.717) is 29.6 Å². The number of hydrogen-bond donors (Lipinski definition) is 1. The number of nitrogens with one attached hydrogen (secondary N) is 1. The Hall–Kier alpha value is -3.86. The molecule has 0 spiro atoms. The number of nitrogens with zero attached hydrogens (tertiary/aromatic N) is 1. The number of rotatable bonds is 7. The van der Waals surface area contributed by atoms with Gasteiger partial charge in [0.2, 0.25) is 0 Å². The number of furan rings is 1. The molecular weight excluding hydrogens is 412 g/mol. The third-order valence-corrected chi connectivity index (χ3v) is 5.51. The van der Waals surface area contributed by atoms with Gasteiger partial charge < -0.3 is 9.15 Å². The molecule has 1 heterocycles. The van der Waals surface area contributed by atoms with Crippen LogP contribution in [0, 0.1) is 6.92 Å². The number of para-hydroxylation sites is 1. The summed E-state index contributed by atoms with van der Waals surface area (Å²) in [5.41, 5.74) is 7.87. The summed E-state index contributed by atoms with van der Waals surface area (Å²) in [6, 6.07) is 23.3. The molecule has 4 rings (SSSR count). The Morgan fingerprint density at radius 1 is 1.03 bits per heavy atom. The molecule has 5 heteroatoms. The SMILES string of the molecule is CC(=NNC(=O)c1ccc(COc2cc(C)ccc2C(C)C)cc1)c1cc2ccccc2o1. The minimum atomic E-state index is -0.279. The molecule has 0 atom stereocenters. The van der Waals surface area contributed by atoms with Crippen LogP contribution in [-0.2, 0) is 6.61 Å². The average molecular weight is 441 g/mol. The summed E-state index contributed by atoms with van der Waals surface area (Å²) in [5.74, 6) is 1.64. The monoisotopic (exact) mass is 440 g/mol. The van der Waals surface area contributed by atoms with Crippen molar-refractivity contribution < 1.29 is 13.9 Å². The Morgan fingerprint density at radius 2 is 1.79 bits per heavy atom. The predicted octanol–water partition coefficient (Wildman–Crippen LogP) is 6.60. The van der Waals surface area contributed by atoms with Crippen LogP contribution in [0.25, 0.3) is 11.0 Å². The molecule has 0 bridgehead atoms. The zero-order chi connectivity index (χ0) is 23.4. The van der Waals surface area contributed by atoms with Crippen molar-refractivity contribution in [3.05, 3.63) is 101 Å². The second-order valence-corrected chi connectivity index (χ2v) is 8.47. The molecule has 0 saturated heterocycles. The van der Waals surface area contributed by atoms with Crippen molar-refractivity contribution in [3.8, 4) is 5.75 Å². The lowest BCUT2D eigenvalue weighted by Gasteiger charge is -2.15. The fourth-order valence-electron chi connectivity index (χ4n) is 3.57. The van der Waals surface area contributed by atoms with E-state index >= 15 is 0 Å². The van der Waals surface area contributed by atoms with Crippen LogP contribution in [-0.4, -0.2) is 11.6 Å². The van der Waals surface area contributed by atoms with Crippen LogP contribution in [0.2, 0.25) is 0 Å². The molecule has 1 amide bonds. The van der Waals surface area contributed by atoms with Crippen molar-refractivity contribution in [2.75, 3.05) is 0 Å². The molecule has 1 aromatic heterocycles. The van der Waals surface area contributed by atoms with E-state index in [9.17, 15) is 4.79 Å². The molecule has 168 valence electrons. The molecular formula is C28H28N2O3. The molecule has 4 aromatic rings. The summed E-state index contributed by atoms with van der Waals surface area (Å²) in [5, 5.41) is 5.20. The maximum absolute atomic E-state index is 12.5. The van der Waals surface area contributed by atoms with E-state index in [1.54, 1.807) is 19.1 Å². The Bertz CT molecular complexity index is 1270. The third-order valence-electron chi connectivity index (χ3n) is 5.51.